The van der Waals surface area contributed by atoms with Gasteiger partial charge in [0.25, 0.3) is 0 Å². The molecule has 1 saturated heterocycles. The van der Waals surface area contributed by atoms with Crippen LogP contribution in [0.4, 0.5) is 15.8 Å². The summed E-state index contributed by atoms with van der Waals surface area (Å²) in [5, 5.41) is 3.04. The summed E-state index contributed by atoms with van der Waals surface area (Å²) in [4.78, 5) is 16.6. The minimum Gasteiger partial charge on any atom is -0.367 e. The van der Waals surface area contributed by atoms with Crippen LogP contribution in [0.25, 0.3) is 0 Å². The lowest BCUT2D eigenvalue weighted by Crippen LogP contribution is -2.49. The number of anilines is 2. The van der Waals surface area contributed by atoms with Crippen LogP contribution in [0.5, 0.6) is 0 Å². The number of benzene rings is 2. The average Bonchev–Trinajstić information content (AvgIpc) is 2.63. The van der Waals surface area contributed by atoms with Crippen LogP contribution < -0.4 is 10.2 Å². The summed E-state index contributed by atoms with van der Waals surface area (Å²) in [6, 6.07) is 14.8. The summed E-state index contributed by atoms with van der Waals surface area (Å²) >= 11 is 0. The van der Waals surface area contributed by atoms with Gasteiger partial charge in [-0.2, -0.15) is 0 Å². The van der Waals surface area contributed by atoms with E-state index in [2.05, 4.69) is 24.1 Å². The number of halogens is 1. The lowest BCUT2D eigenvalue weighted by atomic mass is 10.0. The van der Waals surface area contributed by atoms with Gasteiger partial charge in [-0.05, 0) is 29.7 Å². The second-order valence-electron chi connectivity index (χ2n) is 7.00. The Morgan fingerprint density at radius 1 is 1.04 bits per heavy atom. The average molecular weight is 355 g/mol. The van der Waals surface area contributed by atoms with Crippen molar-refractivity contribution < 1.29 is 9.18 Å². The number of para-hydroxylation sites is 2. The number of carbonyl (C=O) groups is 1. The number of piperazine rings is 1. The zero-order valence-electron chi connectivity index (χ0n) is 15.4. The molecule has 0 saturated carbocycles. The molecule has 2 aromatic rings. The molecule has 0 atom stereocenters. The molecule has 1 fully saturated rings. The number of amides is 1. The molecule has 0 spiro atoms. The van der Waals surface area contributed by atoms with Crippen LogP contribution in [0.3, 0.4) is 0 Å². The maximum Gasteiger partial charge on any atom is 0.238 e. The third-order valence-corrected chi connectivity index (χ3v) is 4.79. The Bertz CT molecular complexity index is 754. The molecule has 5 heteroatoms. The van der Waals surface area contributed by atoms with Gasteiger partial charge in [-0.15, -0.1) is 0 Å². The van der Waals surface area contributed by atoms with Gasteiger partial charge in [-0.1, -0.05) is 44.2 Å². The molecule has 0 aliphatic carbocycles. The van der Waals surface area contributed by atoms with E-state index < -0.39 is 0 Å². The van der Waals surface area contributed by atoms with Gasteiger partial charge in [0.15, 0.2) is 0 Å². The van der Waals surface area contributed by atoms with Crippen molar-refractivity contribution in [2.45, 2.75) is 19.8 Å². The predicted molar refractivity (Wildman–Crippen MR) is 104 cm³/mol. The predicted octanol–water partition coefficient (Wildman–Crippen LogP) is 3.71. The van der Waals surface area contributed by atoms with E-state index in [-0.39, 0.29) is 11.7 Å². The molecule has 2 aromatic carbocycles. The molecule has 0 unspecified atom stereocenters. The summed E-state index contributed by atoms with van der Waals surface area (Å²) in [5.41, 5.74) is 2.67. The minimum atomic E-state index is -0.191. The van der Waals surface area contributed by atoms with Crippen molar-refractivity contribution in [3.63, 3.8) is 0 Å². The highest BCUT2D eigenvalue weighted by atomic mass is 19.1. The fourth-order valence-electron chi connectivity index (χ4n) is 3.36. The van der Waals surface area contributed by atoms with Gasteiger partial charge in [0.2, 0.25) is 5.91 Å². The maximum absolute atomic E-state index is 13.9. The van der Waals surface area contributed by atoms with Gasteiger partial charge in [0, 0.05) is 31.9 Å². The first kappa shape index (κ1) is 18.4. The smallest absolute Gasteiger partial charge is 0.238 e. The third-order valence-electron chi connectivity index (χ3n) is 4.79. The highest BCUT2D eigenvalue weighted by molar-refractivity contribution is 5.93. The Kier molecular flexibility index (Phi) is 5.89. The highest BCUT2D eigenvalue weighted by Gasteiger charge is 2.21. The first-order valence-corrected chi connectivity index (χ1v) is 9.15. The number of hydrogen-bond donors (Lipinski definition) is 1. The van der Waals surface area contributed by atoms with E-state index >= 15 is 0 Å². The second kappa shape index (κ2) is 8.32. The van der Waals surface area contributed by atoms with Crippen molar-refractivity contribution in [2.24, 2.45) is 0 Å². The maximum atomic E-state index is 13.9. The molecule has 4 nitrogen and oxygen atoms in total. The topological polar surface area (TPSA) is 35.6 Å². The molecule has 26 heavy (non-hydrogen) atoms. The Balaban J connectivity index is 1.53. The molecule has 1 heterocycles. The first-order valence-electron chi connectivity index (χ1n) is 9.15. The van der Waals surface area contributed by atoms with E-state index in [9.17, 15) is 9.18 Å². The van der Waals surface area contributed by atoms with Gasteiger partial charge in [0.1, 0.15) is 5.82 Å². The lowest BCUT2D eigenvalue weighted by molar-refractivity contribution is -0.117. The van der Waals surface area contributed by atoms with Crippen LogP contribution in [0.1, 0.15) is 25.3 Å². The second-order valence-corrected chi connectivity index (χ2v) is 7.00. The van der Waals surface area contributed by atoms with Crippen LogP contribution in [0.15, 0.2) is 48.5 Å². The fourth-order valence-corrected chi connectivity index (χ4v) is 3.36. The van der Waals surface area contributed by atoms with Gasteiger partial charge in [0.05, 0.1) is 12.2 Å². The van der Waals surface area contributed by atoms with Crippen molar-refractivity contribution in [2.75, 3.05) is 42.9 Å². The van der Waals surface area contributed by atoms with E-state index in [1.54, 1.807) is 12.1 Å². The zero-order chi connectivity index (χ0) is 18.5. The quantitative estimate of drug-likeness (QED) is 0.888. The Labute approximate surface area is 154 Å². The van der Waals surface area contributed by atoms with E-state index in [0.29, 0.717) is 18.2 Å². The highest BCUT2D eigenvalue weighted by Crippen LogP contribution is 2.24. The number of hydrogen-bond acceptors (Lipinski definition) is 3. The van der Waals surface area contributed by atoms with Crippen LogP contribution >= 0.6 is 0 Å². The molecule has 138 valence electrons. The van der Waals surface area contributed by atoms with Crippen molar-refractivity contribution >= 4 is 17.3 Å². The molecule has 1 aliphatic heterocycles. The van der Waals surface area contributed by atoms with E-state index in [0.717, 1.165) is 37.4 Å². The Morgan fingerprint density at radius 3 is 2.38 bits per heavy atom. The normalized spacial score (nSPS) is 15.3. The molecule has 1 amide bonds. The minimum absolute atomic E-state index is 0.00237. The molecular formula is C21H26FN3O. The molecule has 0 aromatic heterocycles. The van der Waals surface area contributed by atoms with Gasteiger partial charge in [-0.25, -0.2) is 4.39 Å². The van der Waals surface area contributed by atoms with Crippen LogP contribution in [-0.2, 0) is 4.79 Å². The largest absolute Gasteiger partial charge is 0.367 e. The summed E-state index contributed by atoms with van der Waals surface area (Å²) < 4.78 is 13.9. The monoisotopic (exact) mass is 355 g/mol. The van der Waals surface area contributed by atoms with E-state index in [1.807, 2.05) is 35.2 Å². The number of rotatable bonds is 5. The van der Waals surface area contributed by atoms with Crippen molar-refractivity contribution in [1.82, 2.24) is 4.90 Å². The molecular weight excluding hydrogens is 329 g/mol. The van der Waals surface area contributed by atoms with Crippen LogP contribution in [0, 0.1) is 5.82 Å². The zero-order valence-corrected chi connectivity index (χ0v) is 15.4. The van der Waals surface area contributed by atoms with Crippen molar-refractivity contribution in [1.29, 1.82) is 0 Å². The number of nitrogens with one attached hydrogen (secondary N) is 1. The standard InChI is InChI=1S/C21H26FN3O/c1-16(2)17-7-3-5-9-19(17)23-21(26)15-24-11-13-25(14-12-24)20-10-6-4-8-18(20)22/h3-10,16H,11-15H2,1-2H3,(H,23,26). The summed E-state index contributed by atoms with van der Waals surface area (Å²) in [6.45, 7) is 7.52. The van der Waals surface area contributed by atoms with Gasteiger partial charge in [-0.3, -0.25) is 9.69 Å². The fraction of sp³-hybridized carbons (Fsp3) is 0.381. The molecule has 1 aliphatic rings. The Morgan fingerprint density at radius 2 is 1.69 bits per heavy atom. The van der Waals surface area contributed by atoms with E-state index in [4.69, 9.17) is 0 Å². The number of nitrogens with zero attached hydrogens (tertiary/aromatic N) is 2. The first-order chi connectivity index (χ1) is 12.5. The van der Waals surface area contributed by atoms with Gasteiger partial charge >= 0.3 is 0 Å². The summed E-state index contributed by atoms with van der Waals surface area (Å²) in [5.74, 6) is 0.164. The van der Waals surface area contributed by atoms with Crippen LogP contribution in [-0.4, -0.2) is 43.5 Å². The molecule has 3 rings (SSSR count). The lowest BCUT2D eigenvalue weighted by Gasteiger charge is -2.35. The molecule has 0 radical (unpaired) electrons. The Hall–Kier alpha value is -2.40. The van der Waals surface area contributed by atoms with E-state index in [1.165, 1.54) is 6.07 Å². The van der Waals surface area contributed by atoms with Crippen molar-refractivity contribution in [3.05, 3.63) is 59.9 Å². The summed E-state index contributed by atoms with van der Waals surface area (Å²) in [7, 11) is 0. The number of carbonyl (C=O) groups excluding carboxylic acids is 1. The van der Waals surface area contributed by atoms with Crippen LogP contribution in [0.2, 0.25) is 0 Å². The van der Waals surface area contributed by atoms with Crippen molar-refractivity contribution in [3.8, 4) is 0 Å². The SMILES string of the molecule is CC(C)c1ccccc1NC(=O)CN1CCN(c2ccccc2F)CC1. The summed E-state index contributed by atoms with van der Waals surface area (Å²) in [6.07, 6.45) is 0. The molecule has 1 N–H and O–H groups in total. The van der Waals surface area contributed by atoms with Gasteiger partial charge < -0.3 is 10.2 Å². The third kappa shape index (κ3) is 4.41. The molecule has 0 bridgehead atoms.